The molecule has 2 aliphatic rings. The van der Waals surface area contributed by atoms with Gasteiger partial charge in [0, 0.05) is 6.04 Å². The van der Waals surface area contributed by atoms with Crippen molar-refractivity contribution in [2.45, 2.75) is 90.9 Å². The largest absolute Gasteiger partial charge is 0.323 e. The van der Waals surface area contributed by atoms with Gasteiger partial charge in [0.25, 0.3) is 0 Å². The minimum atomic E-state index is -0.347. The predicted octanol–water partition coefficient (Wildman–Crippen LogP) is 3.54. The number of nitrogens with one attached hydrogen (secondary N) is 1. The van der Waals surface area contributed by atoms with Crippen LogP contribution in [0.15, 0.2) is 0 Å². The molecule has 1 amide bonds. The molecule has 1 heterocycles. The average molecular weight is 280 g/mol. The van der Waals surface area contributed by atoms with Gasteiger partial charge >= 0.3 is 0 Å². The summed E-state index contributed by atoms with van der Waals surface area (Å²) in [5.74, 6) is 1.71. The van der Waals surface area contributed by atoms with E-state index in [-0.39, 0.29) is 11.7 Å². The second-order valence-corrected chi connectivity index (χ2v) is 7.61. The van der Waals surface area contributed by atoms with Gasteiger partial charge in [-0.1, -0.05) is 40.5 Å². The fraction of sp³-hybridized carbons (Fsp3) is 0.941. The van der Waals surface area contributed by atoms with Gasteiger partial charge in [-0.2, -0.15) is 0 Å². The molecule has 1 N–H and O–H groups in total. The zero-order chi connectivity index (χ0) is 14.9. The normalized spacial score (nSPS) is 38.8. The molecule has 2 rings (SSSR count). The SMILES string of the molecule is CCC1(C)NC(CC(C)C)N(C2CCCC(C)C2)C1=O. The summed E-state index contributed by atoms with van der Waals surface area (Å²) in [5.41, 5.74) is -0.347. The molecule has 4 unspecified atom stereocenters. The van der Waals surface area contributed by atoms with Crippen LogP contribution in [0.5, 0.6) is 0 Å². The summed E-state index contributed by atoms with van der Waals surface area (Å²) < 4.78 is 0. The van der Waals surface area contributed by atoms with Crippen LogP contribution in [0.3, 0.4) is 0 Å². The molecule has 1 saturated carbocycles. The van der Waals surface area contributed by atoms with Crippen LogP contribution in [-0.2, 0) is 4.79 Å². The fourth-order valence-corrected chi connectivity index (χ4v) is 3.87. The molecule has 0 bridgehead atoms. The lowest BCUT2D eigenvalue weighted by Gasteiger charge is -2.38. The van der Waals surface area contributed by atoms with Gasteiger partial charge in [0.1, 0.15) is 0 Å². The Kier molecular flexibility index (Phi) is 4.78. The Morgan fingerprint density at radius 1 is 1.40 bits per heavy atom. The van der Waals surface area contributed by atoms with E-state index in [9.17, 15) is 4.79 Å². The first-order valence-electron chi connectivity index (χ1n) is 8.48. The van der Waals surface area contributed by atoms with Crippen LogP contribution in [0.1, 0.15) is 73.1 Å². The third-order valence-corrected chi connectivity index (χ3v) is 5.23. The molecule has 0 spiro atoms. The maximum Gasteiger partial charge on any atom is 0.244 e. The molecule has 1 saturated heterocycles. The molecule has 20 heavy (non-hydrogen) atoms. The van der Waals surface area contributed by atoms with Crippen molar-refractivity contribution < 1.29 is 4.79 Å². The highest BCUT2D eigenvalue weighted by molar-refractivity contribution is 5.88. The number of rotatable bonds is 4. The second-order valence-electron chi connectivity index (χ2n) is 7.61. The number of carbonyl (C=O) groups excluding carboxylic acids is 1. The molecule has 3 heteroatoms. The standard InChI is InChI=1S/C17H32N2O/c1-6-17(5)16(20)19(15(18-17)10-12(2)3)14-9-7-8-13(4)11-14/h12-15,18H,6-11H2,1-5H3. The molecule has 0 aromatic heterocycles. The van der Waals surface area contributed by atoms with E-state index in [0.717, 1.165) is 18.8 Å². The Bertz CT molecular complexity index is 355. The van der Waals surface area contributed by atoms with E-state index in [1.807, 2.05) is 0 Å². The van der Waals surface area contributed by atoms with Crippen molar-refractivity contribution >= 4 is 5.91 Å². The highest BCUT2D eigenvalue weighted by Crippen LogP contribution is 2.35. The van der Waals surface area contributed by atoms with Gasteiger partial charge in [0.15, 0.2) is 0 Å². The molecule has 0 aromatic rings. The molecule has 3 nitrogen and oxygen atoms in total. The highest BCUT2D eigenvalue weighted by Gasteiger charge is 2.49. The lowest BCUT2D eigenvalue weighted by molar-refractivity contribution is -0.136. The maximum absolute atomic E-state index is 12.9. The summed E-state index contributed by atoms with van der Waals surface area (Å²) in [5, 5.41) is 3.64. The molecule has 0 radical (unpaired) electrons. The number of carbonyl (C=O) groups is 1. The Hall–Kier alpha value is -0.570. The van der Waals surface area contributed by atoms with E-state index in [1.54, 1.807) is 0 Å². The van der Waals surface area contributed by atoms with Crippen LogP contribution in [-0.4, -0.2) is 28.6 Å². The lowest BCUT2D eigenvalue weighted by atomic mass is 9.85. The first kappa shape index (κ1) is 15.8. The van der Waals surface area contributed by atoms with Crippen molar-refractivity contribution in [2.75, 3.05) is 0 Å². The second kappa shape index (κ2) is 6.05. The van der Waals surface area contributed by atoms with E-state index in [2.05, 4.69) is 44.8 Å². The highest BCUT2D eigenvalue weighted by atomic mass is 16.2. The molecule has 1 aliphatic heterocycles. The van der Waals surface area contributed by atoms with Crippen molar-refractivity contribution in [2.24, 2.45) is 11.8 Å². The Morgan fingerprint density at radius 3 is 2.65 bits per heavy atom. The van der Waals surface area contributed by atoms with Crippen LogP contribution in [0.2, 0.25) is 0 Å². The van der Waals surface area contributed by atoms with Gasteiger partial charge in [0.05, 0.1) is 11.7 Å². The van der Waals surface area contributed by atoms with E-state index < -0.39 is 0 Å². The van der Waals surface area contributed by atoms with Crippen molar-refractivity contribution in [3.8, 4) is 0 Å². The zero-order valence-electron chi connectivity index (χ0n) is 13.9. The van der Waals surface area contributed by atoms with E-state index in [0.29, 0.717) is 17.9 Å². The summed E-state index contributed by atoms with van der Waals surface area (Å²) in [4.78, 5) is 15.1. The summed E-state index contributed by atoms with van der Waals surface area (Å²) in [6, 6.07) is 0.455. The third-order valence-electron chi connectivity index (χ3n) is 5.23. The number of nitrogens with zero attached hydrogens (tertiary/aromatic N) is 1. The summed E-state index contributed by atoms with van der Waals surface area (Å²) in [7, 11) is 0. The van der Waals surface area contributed by atoms with Crippen LogP contribution >= 0.6 is 0 Å². The minimum Gasteiger partial charge on any atom is -0.323 e. The van der Waals surface area contributed by atoms with E-state index >= 15 is 0 Å². The quantitative estimate of drug-likeness (QED) is 0.854. The minimum absolute atomic E-state index is 0.239. The Balaban J connectivity index is 2.19. The van der Waals surface area contributed by atoms with Crippen molar-refractivity contribution in [1.29, 1.82) is 0 Å². The van der Waals surface area contributed by atoms with Crippen molar-refractivity contribution in [3.63, 3.8) is 0 Å². The average Bonchev–Trinajstić information content (AvgIpc) is 2.61. The number of hydrogen-bond donors (Lipinski definition) is 1. The molecule has 2 fully saturated rings. The van der Waals surface area contributed by atoms with Crippen LogP contribution < -0.4 is 5.32 Å². The first-order chi connectivity index (χ1) is 9.37. The smallest absolute Gasteiger partial charge is 0.244 e. The summed E-state index contributed by atoms with van der Waals surface area (Å²) in [6.45, 7) is 11.0. The summed E-state index contributed by atoms with van der Waals surface area (Å²) in [6.07, 6.45) is 7.14. The van der Waals surface area contributed by atoms with Gasteiger partial charge in [-0.15, -0.1) is 0 Å². The molecular formula is C17H32N2O. The van der Waals surface area contributed by atoms with Gasteiger partial charge in [-0.25, -0.2) is 0 Å². The number of hydrogen-bond acceptors (Lipinski definition) is 2. The van der Waals surface area contributed by atoms with Crippen LogP contribution in [0.4, 0.5) is 0 Å². The van der Waals surface area contributed by atoms with Crippen molar-refractivity contribution in [3.05, 3.63) is 0 Å². The number of amides is 1. The molecular weight excluding hydrogens is 248 g/mol. The fourth-order valence-electron chi connectivity index (χ4n) is 3.87. The van der Waals surface area contributed by atoms with E-state index in [1.165, 1.54) is 25.7 Å². The summed E-state index contributed by atoms with van der Waals surface area (Å²) >= 11 is 0. The maximum atomic E-state index is 12.9. The van der Waals surface area contributed by atoms with Gasteiger partial charge < -0.3 is 4.90 Å². The van der Waals surface area contributed by atoms with Crippen LogP contribution in [0, 0.1) is 11.8 Å². The Morgan fingerprint density at radius 2 is 2.10 bits per heavy atom. The molecule has 0 aromatic carbocycles. The zero-order valence-corrected chi connectivity index (χ0v) is 13.9. The molecule has 1 aliphatic carbocycles. The lowest BCUT2D eigenvalue weighted by Crippen LogP contribution is -2.47. The monoisotopic (exact) mass is 280 g/mol. The molecule has 116 valence electrons. The van der Waals surface area contributed by atoms with Crippen LogP contribution in [0.25, 0.3) is 0 Å². The van der Waals surface area contributed by atoms with Gasteiger partial charge in [-0.05, 0) is 44.4 Å². The first-order valence-corrected chi connectivity index (χ1v) is 8.48. The predicted molar refractivity (Wildman–Crippen MR) is 83.3 cm³/mol. The van der Waals surface area contributed by atoms with Gasteiger partial charge in [0.2, 0.25) is 5.91 Å². The van der Waals surface area contributed by atoms with E-state index in [4.69, 9.17) is 0 Å². The third kappa shape index (κ3) is 3.03. The van der Waals surface area contributed by atoms with Crippen molar-refractivity contribution in [1.82, 2.24) is 10.2 Å². The van der Waals surface area contributed by atoms with Gasteiger partial charge in [-0.3, -0.25) is 10.1 Å². The molecule has 4 atom stereocenters. The Labute approximate surface area is 124 Å². The topological polar surface area (TPSA) is 32.3 Å².